The fourth-order valence-corrected chi connectivity index (χ4v) is 6.96. The van der Waals surface area contributed by atoms with Crippen LogP contribution in [0.1, 0.15) is 50.5 Å². The molecule has 5 aliphatic rings. The van der Waals surface area contributed by atoms with Crippen molar-refractivity contribution < 1.29 is 9.84 Å². The Morgan fingerprint density at radius 3 is 2.58 bits per heavy atom. The van der Waals surface area contributed by atoms with Gasteiger partial charge in [-0.2, -0.15) is 10.2 Å². The zero-order valence-corrected chi connectivity index (χ0v) is 19.7. The van der Waals surface area contributed by atoms with E-state index in [9.17, 15) is 5.11 Å². The Hall–Kier alpha value is -1.93. The van der Waals surface area contributed by atoms with Gasteiger partial charge in [0, 0.05) is 10.4 Å². The number of piperidine rings is 1. The quantitative estimate of drug-likeness (QED) is 0.633. The van der Waals surface area contributed by atoms with Crippen LogP contribution < -0.4 is 0 Å². The van der Waals surface area contributed by atoms with Crippen LogP contribution in [0, 0.1) is 5.92 Å². The normalized spacial score (nSPS) is 34.5. The van der Waals surface area contributed by atoms with Gasteiger partial charge in [-0.25, -0.2) is 4.68 Å². The van der Waals surface area contributed by atoms with Crippen LogP contribution >= 0.6 is 11.6 Å². The van der Waals surface area contributed by atoms with Gasteiger partial charge in [-0.15, -0.1) is 0 Å². The highest BCUT2D eigenvalue weighted by atomic mass is 35.5. The zero-order valence-electron chi connectivity index (χ0n) is 19.0. The van der Waals surface area contributed by atoms with E-state index in [0.717, 1.165) is 53.5 Å². The summed E-state index contributed by atoms with van der Waals surface area (Å²) in [6, 6.07) is 4.29. The monoisotopic (exact) mass is 467 g/mol. The van der Waals surface area contributed by atoms with Crippen molar-refractivity contribution in [2.75, 3.05) is 26.3 Å². The van der Waals surface area contributed by atoms with Gasteiger partial charge in [0.25, 0.3) is 0 Å². The summed E-state index contributed by atoms with van der Waals surface area (Å²) in [6.45, 7) is 5.02. The van der Waals surface area contributed by atoms with Crippen LogP contribution in [0.15, 0.2) is 30.7 Å². The van der Waals surface area contributed by atoms with Gasteiger partial charge in [-0.1, -0.05) is 11.6 Å². The van der Waals surface area contributed by atoms with Crippen molar-refractivity contribution in [3.8, 4) is 5.69 Å². The molecular formula is C25H30ClN5O2. The highest BCUT2D eigenvalue weighted by Gasteiger charge is 2.58. The largest absolute Gasteiger partial charge is 0.389 e. The molecule has 0 amide bonds. The highest BCUT2D eigenvalue weighted by molar-refractivity contribution is 6.32. The number of fused-ring (bicyclic) bond motifs is 1. The Balaban J connectivity index is 1.16. The van der Waals surface area contributed by atoms with Gasteiger partial charge in [0.15, 0.2) is 0 Å². The van der Waals surface area contributed by atoms with Gasteiger partial charge in [0.1, 0.15) is 5.69 Å². The molecule has 3 aromatic rings. The minimum atomic E-state index is -0.422. The summed E-state index contributed by atoms with van der Waals surface area (Å²) in [4.78, 5) is 2.40. The van der Waals surface area contributed by atoms with Crippen LogP contribution in [-0.2, 0) is 10.3 Å². The molecule has 2 saturated heterocycles. The molecular weight excluding hydrogens is 438 g/mol. The molecule has 2 aromatic heterocycles. The van der Waals surface area contributed by atoms with E-state index >= 15 is 0 Å². The lowest BCUT2D eigenvalue weighted by atomic mass is 9.50. The van der Waals surface area contributed by atoms with Gasteiger partial charge in [-0.05, 0) is 81.6 Å². The maximum Gasteiger partial charge on any atom is 0.103 e. The number of hydrogen-bond donors (Lipinski definition) is 1. The summed E-state index contributed by atoms with van der Waals surface area (Å²) in [5.74, 6) is 1.32. The summed E-state index contributed by atoms with van der Waals surface area (Å²) in [5.41, 5.74) is 3.30. The molecule has 1 N–H and O–H groups in total. The first kappa shape index (κ1) is 20.4. The van der Waals surface area contributed by atoms with Crippen molar-refractivity contribution in [3.05, 3.63) is 41.3 Å². The van der Waals surface area contributed by atoms with Crippen LogP contribution in [0.25, 0.3) is 16.6 Å². The first-order valence-corrected chi connectivity index (χ1v) is 12.6. The predicted octanol–water partition coefficient (Wildman–Crippen LogP) is 3.71. The van der Waals surface area contributed by atoms with E-state index in [1.807, 2.05) is 17.1 Å². The maximum absolute atomic E-state index is 10.4. The molecule has 0 unspecified atom stereocenters. The number of halogens is 1. The first-order valence-electron chi connectivity index (χ1n) is 12.2. The number of benzene rings is 1. The average Bonchev–Trinajstić information content (AvgIpc) is 3.45. The van der Waals surface area contributed by atoms with Crippen molar-refractivity contribution >= 4 is 22.5 Å². The van der Waals surface area contributed by atoms with Crippen molar-refractivity contribution in [3.63, 3.8) is 0 Å². The molecule has 0 radical (unpaired) electrons. The summed E-state index contributed by atoms with van der Waals surface area (Å²) < 4.78 is 9.73. The second-order valence-corrected chi connectivity index (χ2v) is 11.4. The number of aliphatic hydroxyl groups excluding tert-OH is 1. The molecule has 3 aliphatic carbocycles. The van der Waals surface area contributed by atoms with E-state index in [2.05, 4.69) is 39.9 Å². The molecule has 2 bridgehead atoms. The van der Waals surface area contributed by atoms with Crippen LogP contribution in [-0.4, -0.2) is 67.5 Å². The number of likely N-dealkylation sites (tertiary alicyclic amines) is 1. The smallest absolute Gasteiger partial charge is 0.103 e. The van der Waals surface area contributed by atoms with Crippen molar-refractivity contribution in [2.24, 2.45) is 5.92 Å². The standard InChI is InChI=1S/C25H30ClN5O2/c1-24(15-33-14-23(24)32)29-4-2-17(3-5-29)20-7-22-18(6-21(20)26)11-28-31(22)19-12-27-30(13-19)25-8-16(9-25)10-25/h6-7,11-13,16-17,23,32H,2-5,8-10,14-15H2,1H3/t16?,23-,24-,25?/m0/s1. The molecule has 2 atom stereocenters. The zero-order chi connectivity index (χ0) is 22.4. The minimum absolute atomic E-state index is 0.280. The second-order valence-electron chi connectivity index (χ2n) is 11.0. The molecule has 7 nitrogen and oxygen atoms in total. The van der Waals surface area contributed by atoms with E-state index < -0.39 is 6.10 Å². The molecule has 8 heteroatoms. The second kappa shape index (κ2) is 7.04. The fraction of sp³-hybridized carbons (Fsp3) is 0.600. The molecule has 0 spiro atoms. The van der Waals surface area contributed by atoms with Crippen LogP contribution in [0.3, 0.4) is 0 Å². The summed E-state index contributed by atoms with van der Waals surface area (Å²) in [6.07, 6.45) is 11.4. The molecule has 174 valence electrons. The SMILES string of the molecule is C[C@]1(N2CCC(c3cc4c(cnn4-c4cnn(C56CC(C5)C6)c4)cc3Cl)CC2)COC[C@@H]1O. The van der Waals surface area contributed by atoms with Gasteiger partial charge < -0.3 is 9.84 Å². The Morgan fingerprint density at radius 2 is 1.91 bits per heavy atom. The number of aromatic nitrogens is 4. The Bertz CT molecular complexity index is 1210. The third-order valence-corrected chi connectivity index (χ3v) is 9.36. The molecule has 5 fully saturated rings. The van der Waals surface area contributed by atoms with Gasteiger partial charge >= 0.3 is 0 Å². The molecule has 4 heterocycles. The van der Waals surface area contributed by atoms with E-state index in [0.29, 0.717) is 19.1 Å². The van der Waals surface area contributed by atoms with E-state index in [1.54, 1.807) is 0 Å². The number of ether oxygens (including phenoxy) is 1. The highest BCUT2D eigenvalue weighted by Crippen LogP contribution is 2.62. The fourth-order valence-electron chi connectivity index (χ4n) is 6.63. The van der Waals surface area contributed by atoms with E-state index in [1.165, 1.54) is 24.8 Å². The summed E-state index contributed by atoms with van der Waals surface area (Å²) >= 11 is 6.77. The number of rotatable bonds is 4. The van der Waals surface area contributed by atoms with E-state index in [-0.39, 0.29) is 11.1 Å². The molecule has 2 aliphatic heterocycles. The third kappa shape index (κ3) is 2.92. The maximum atomic E-state index is 10.4. The Kier molecular flexibility index (Phi) is 4.36. The predicted molar refractivity (Wildman–Crippen MR) is 126 cm³/mol. The average molecular weight is 468 g/mol. The lowest BCUT2D eigenvalue weighted by Gasteiger charge is -2.61. The van der Waals surface area contributed by atoms with Crippen LogP contribution in [0.4, 0.5) is 0 Å². The first-order chi connectivity index (χ1) is 16.0. The van der Waals surface area contributed by atoms with Gasteiger partial charge in [0.2, 0.25) is 0 Å². The molecule has 33 heavy (non-hydrogen) atoms. The minimum Gasteiger partial charge on any atom is -0.389 e. The number of nitrogens with zero attached hydrogens (tertiary/aromatic N) is 5. The lowest BCUT2D eigenvalue weighted by Crippen LogP contribution is -2.59. The van der Waals surface area contributed by atoms with Crippen molar-refractivity contribution in [1.82, 2.24) is 24.5 Å². The van der Waals surface area contributed by atoms with Crippen molar-refractivity contribution in [2.45, 2.75) is 62.1 Å². The Morgan fingerprint density at radius 1 is 1.12 bits per heavy atom. The van der Waals surface area contributed by atoms with E-state index in [4.69, 9.17) is 21.4 Å². The Labute approximate surface area is 198 Å². The van der Waals surface area contributed by atoms with Crippen LogP contribution in [0.2, 0.25) is 5.02 Å². The topological polar surface area (TPSA) is 68.3 Å². The molecule has 1 aromatic carbocycles. The molecule has 3 saturated carbocycles. The number of aliphatic hydroxyl groups is 1. The number of hydrogen-bond acceptors (Lipinski definition) is 5. The van der Waals surface area contributed by atoms with Crippen LogP contribution in [0.5, 0.6) is 0 Å². The van der Waals surface area contributed by atoms with Crippen molar-refractivity contribution in [1.29, 1.82) is 0 Å². The lowest BCUT2D eigenvalue weighted by molar-refractivity contribution is -0.0977. The third-order valence-electron chi connectivity index (χ3n) is 9.04. The summed E-state index contributed by atoms with van der Waals surface area (Å²) in [5, 5.41) is 21.7. The summed E-state index contributed by atoms with van der Waals surface area (Å²) in [7, 11) is 0. The molecule has 8 rings (SSSR count). The van der Waals surface area contributed by atoms with Gasteiger partial charge in [-0.3, -0.25) is 9.58 Å². The van der Waals surface area contributed by atoms with Gasteiger partial charge in [0.05, 0.1) is 54.5 Å².